The molecule has 0 aliphatic carbocycles. The zero-order chi connectivity index (χ0) is 14.5. The largest absolute Gasteiger partial charge is 0.496 e. The minimum Gasteiger partial charge on any atom is -0.496 e. The van der Waals surface area contributed by atoms with Crippen LogP contribution in [0.1, 0.15) is 31.4 Å². The fourth-order valence-corrected chi connectivity index (χ4v) is 3.23. The third kappa shape index (κ3) is 2.76. The van der Waals surface area contributed by atoms with Crippen LogP contribution in [-0.2, 0) is 4.74 Å². The highest BCUT2D eigenvalue weighted by atomic mass is 16.5. The minimum absolute atomic E-state index is 0.175. The van der Waals surface area contributed by atoms with Crippen LogP contribution >= 0.6 is 0 Å². The lowest BCUT2D eigenvalue weighted by Crippen LogP contribution is -2.31. The molecular weight excluding hydrogens is 254 g/mol. The van der Waals surface area contributed by atoms with Gasteiger partial charge in [-0.3, -0.25) is 0 Å². The van der Waals surface area contributed by atoms with Crippen molar-refractivity contribution in [1.29, 1.82) is 0 Å². The van der Waals surface area contributed by atoms with Crippen LogP contribution in [0.15, 0.2) is 18.2 Å². The van der Waals surface area contributed by atoms with Crippen LogP contribution in [0.25, 0.3) is 0 Å². The van der Waals surface area contributed by atoms with Gasteiger partial charge in [0.05, 0.1) is 25.9 Å². The molecule has 1 fully saturated rings. The normalized spacial score (nSPS) is 23.6. The molecule has 0 bridgehead atoms. The van der Waals surface area contributed by atoms with Crippen molar-refractivity contribution in [3.05, 3.63) is 23.8 Å². The molecule has 3 unspecified atom stereocenters. The first-order valence-corrected chi connectivity index (χ1v) is 7.26. The van der Waals surface area contributed by atoms with Gasteiger partial charge in [-0.2, -0.15) is 0 Å². The number of benzene rings is 1. The average Bonchev–Trinajstić information content (AvgIpc) is 2.96. The molecular formula is C16H25NO3. The summed E-state index contributed by atoms with van der Waals surface area (Å²) in [6.45, 7) is 3.01. The number of hydrogen-bond acceptors (Lipinski definition) is 4. The second kappa shape index (κ2) is 6.95. The number of nitrogens with one attached hydrogen (secondary N) is 1. The Balaban J connectivity index is 2.40. The van der Waals surface area contributed by atoms with Gasteiger partial charge in [-0.1, -0.05) is 13.0 Å². The van der Waals surface area contributed by atoms with Gasteiger partial charge in [0.25, 0.3) is 0 Å². The molecule has 0 amide bonds. The molecule has 3 atom stereocenters. The summed E-state index contributed by atoms with van der Waals surface area (Å²) in [5, 5.41) is 3.43. The van der Waals surface area contributed by atoms with E-state index in [0.717, 1.165) is 36.5 Å². The number of ether oxygens (including phenoxy) is 3. The zero-order valence-electron chi connectivity index (χ0n) is 12.8. The van der Waals surface area contributed by atoms with E-state index in [1.54, 1.807) is 14.2 Å². The molecule has 112 valence electrons. The fourth-order valence-electron chi connectivity index (χ4n) is 3.23. The van der Waals surface area contributed by atoms with Gasteiger partial charge in [0.15, 0.2) is 0 Å². The smallest absolute Gasteiger partial charge is 0.127 e. The van der Waals surface area contributed by atoms with Crippen LogP contribution in [0.5, 0.6) is 11.5 Å². The first-order valence-electron chi connectivity index (χ1n) is 7.26. The van der Waals surface area contributed by atoms with Gasteiger partial charge in [0.1, 0.15) is 11.5 Å². The predicted octanol–water partition coefficient (Wildman–Crippen LogP) is 2.78. The van der Waals surface area contributed by atoms with E-state index in [0.29, 0.717) is 12.0 Å². The van der Waals surface area contributed by atoms with Gasteiger partial charge in [-0.05, 0) is 32.0 Å². The van der Waals surface area contributed by atoms with Crippen LogP contribution in [0, 0.1) is 5.92 Å². The summed E-state index contributed by atoms with van der Waals surface area (Å²) in [7, 11) is 5.39. The molecule has 1 aliphatic heterocycles. The quantitative estimate of drug-likeness (QED) is 0.869. The number of rotatable bonds is 6. The van der Waals surface area contributed by atoms with Crippen LogP contribution < -0.4 is 14.8 Å². The maximum absolute atomic E-state index is 5.84. The second-order valence-electron chi connectivity index (χ2n) is 5.11. The van der Waals surface area contributed by atoms with Gasteiger partial charge in [0, 0.05) is 18.6 Å². The van der Waals surface area contributed by atoms with E-state index in [4.69, 9.17) is 14.2 Å². The molecule has 1 aromatic carbocycles. The molecule has 20 heavy (non-hydrogen) atoms. The topological polar surface area (TPSA) is 39.7 Å². The summed E-state index contributed by atoms with van der Waals surface area (Å²) >= 11 is 0. The van der Waals surface area contributed by atoms with Gasteiger partial charge < -0.3 is 19.5 Å². The summed E-state index contributed by atoms with van der Waals surface area (Å²) in [4.78, 5) is 0. The zero-order valence-corrected chi connectivity index (χ0v) is 12.8. The van der Waals surface area contributed by atoms with Crippen molar-refractivity contribution in [1.82, 2.24) is 5.32 Å². The Morgan fingerprint density at radius 1 is 1.30 bits per heavy atom. The summed E-state index contributed by atoms with van der Waals surface area (Å²) < 4.78 is 16.9. The average molecular weight is 279 g/mol. The fraction of sp³-hybridized carbons (Fsp3) is 0.625. The van der Waals surface area contributed by atoms with Crippen LogP contribution in [-0.4, -0.2) is 34.0 Å². The number of methoxy groups -OCH3 is 2. The molecule has 2 rings (SSSR count). The van der Waals surface area contributed by atoms with Crippen molar-refractivity contribution < 1.29 is 14.2 Å². The molecule has 0 aromatic heterocycles. The van der Waals surface area contributed by atoms with Crippen LogP contribution in [0.3, 0.4) is 0 Å². The first kappa shape index (κ1) is 15.1. The van der Waals surface area contributed by atoms with E-state index < -0.39 is 0 Å². The summed E-state index contributed by atoms with van der Waals surface area (Å²) in [6, 6.07) is 6.10. The standard InChI is InChI=1S/C16H25NO3/c1-5-12-11(9-10-20-12)16(17-2)15-13(18-3)7-6-8-14(15)19-4/h6-8,11-12,16-17H,5,9-10H2,1-4H3. The Morgan fingerprint density at radius 3 is 2.45 bits per heavy atom. The second-order valence-corrected chi connectivity index (χ2v) is 5.11. The lowest BCUT2D eigenvalue weighted by molar-refractivity contribution is 0.0777. The predicted molar refractivity (Wildman–Crippen MR) is 79.5 cm³/mol. The monoisotopic (exact) mass is 279 g/mol. The Hall–Kier alpha value is -1.26. The van der Waals surface area contributed by atoms with Gasteiger partial charge in [0.2, 0.25) is 0 Å². The van der Waals surface area contributed by atoms with Gasteiger partial charge in [-0.25, -0.2) is 0 Å². The molecule has 1 aromatic rings. The van der Waals surface area contributed by atoms with E-state index in [1.807, 2.05) is 25.2 Å². The Bertz CT molecular complexity index is 413. The maximum atomic E-state index is 5.84. The van der Waals surface area contributed by atoms with E-state index in [9.17, 15) is 0 Å². The van der Waals surface area contributed by atoms with E-state index >= 15 is 0 Å². The number of hydrogen-bond donors (Lipinski definition) is 1. The highest BCUT2D eigenvalue weighted by molar-refractivity contribution is 5.47. The Labute approximate surface area is 121 Å². The lowest BCUT2D eigenvalue weighted by Gasteiger charge is -2.29. The van der Waals surface area contributed by atoms with E-state index in [-0.39, 0.29) is 6.04 Å². The Morgan fingerprint density at radius 2 is 1.95 bits per heavy atom. The summed E-state index contributed by atoms with van der Waals surface area (Å²) in [6.07, 6.45) is 2.38. The van der Waals surface area contributed by atoms with Crippen molar-refractivity contribution in [3.63, 3.8) is 0 Å². The van der Waals surface area contributed by atoms with Crippen molar-refractivity contribution in [2.45, 2.75) is 31.9 Å². The molecule has 4 heteroatoms. The molecule has 4 nitrogen and oxygen atoms in total. The van der Waals surface area contributed by atoms with Crippen molar-refractivity contribution in [3.8, 4) is 11.5 Å². The van der Waals surface area contributed by atoms with Crippen molar-refractivity contribution in [2.75, 3.05) is 27.9 Å². The highest BCUT2D eigenvalue weighted by Gasteiger charge is 2.36. The molecule has 1 aliphatic rings. The molecule has 0 spiro atoms. The van der Waals surface area contributed by atoms with E-state index in [2.05, 4.69) is 12.2 Å². The first-order chi connectivity index (χ1) is 9.76. The SMILES string of the molecule is CCC1OCCC1C(NC)c1c(OC)cccc1OC. The van der Waals surface area contributed by atoms with Gasteiger partial charge in [-0.15, -0.1) is 0 Å². The summed E-state index contributed by atoms with van der Waals surface area (Å²) in [5.74, 6) is 2.17. The maximum Gasteiger partial charge on any atom is 0.127 e. The highest BCUT2D eigenvalue weighted by Crippen LogP contribution is 2.42. The minimum atomic E-state index is 0.175. The molecule has 0 saturated carbocycles. The molecule has 1 N–H and O–H groups in total. The van der Waals surface area contributed by atoms with Crippen molar-refractivity contribution in [2.24, 2.45) is 5.92 Å². The Kier molecular flexibility index (Phi) is 5.26. The van der Waals surface area contributed by atoms with Crippen LogP contribution in [0.4, 0.5) is 0 Å². The third-order valence-corrected chi connectivity index (χ3v) is 4.18. The van der Waals surface area contributed by atoms with Gasteiger partial charge >= 0.3 is 0 Å². The third-order valence-electron chi connectivity index (χ3n) is 4.18. The molecule has 1 heterocycles. The van der Waals surface area contributed by atoms with E-state index in [1.165, 1.54) is 0 Å². The van der Waals surface area contributed by atoms with Crippen LogP contribution in [0.2, 0.25) is 0 Å². The lowest BCUT2D eigenvalue weighted by atomic mass is 9.86. The van der Waals surface area contributed by atoms with Crippen molar-refractivity contribution >= 4 is 0 Å². The summed E-state index contributed by atoms with van der Waals surface area (Å²) in [5.41, 5.74) is 1.09. The molecule has 0 radical (unpaired) electrons. The molecule has 1 saturated heterocycles.